The first kappa shape index (κ1) is 27.3. The smallest absolute Gasteiger partial charge is 0.269 e. The molecule has 9 nitrogen and oxygen atoms in total. The molecule has 3 aromatic rings. The number of thiocarbonyl (C=S) groups is 1. The summed E-state index contributed by atoms with van der Waals surface area (Å²) in [6.07, 6.45) is 0. The first-order chi connectivity index (χ1) is 17.9. The summed E-state index contributed by atoms with van der Waals surface area (Å²) < 4.78 is 10.8. The summed E-state index contributed by atoms with van der Waals surface area (Å²) in [5.74, 6) is -0.646. The van der Waals surface area contributed by atoms with E-state index in [0.717, 1.165) is 5.56 Å². The third kappa shape index (κ3) is 8.41. The molecule has 0 unspecified atom stereocenters. The molecule has 3 amide bonds. The van der Waals surface area contributed by atoms with Gasteiger partial charge in [0.1, 0.15) is 12.4 Å². The predicted octanol–water partition coefficient (Wildman–Crippen LogP) is 3.61. The van der Waals surface area contributed by atoms with Crippen molar-refractivity contribution in [1.29, 1.82) is 0 Å². The van der Waals surface area contributed by atoms with Gasteiger partial charge in [0.2, 0.25) is 0 Å². The number of hydrogen-bond acceptors (Lipinski definition) is 6. The quantitative estimate of drug-likeness (QED) is 0.193. The molecule has 0 bridgehead atoms. The summed E-state index contributed by atoms with van der Waals surface area (Å²) in [7, 11) is 0. The van der Waals surface area contributed by atoms with Crippen LogP contribution in [-0.2, 0) is 4.74 Å². The highest BCUT2D eigenvalue weighted by molar-refractivity contribution is 7.80. The highest BCUT2D eigenvalue weighted by Gasteiger charge is 2.12. The monoisotopic (exact) mass is 520 g/mol. The van der Waals surface area contributed by atoms with E-state index in [4.69, 9.17) is 21.7 Å². The number of benzene rings is 3. The van der Waals surface area contributed by atoms with Gasteiger partial charge >= 0.3 is 0 Å². The highest BCUT2D eigenvalue weighted by Crippen LogP contribution is 2.14. The van der Waals surface area contributed by atoms with Gasteiger partial charge in [0.15, 0.2) is 5.11 Å². The summed E-state index contributed by atoms with van der Waals surface area (Å²) in [6, 6.07) is 20.3. The van der Waals surface area contributed by atoms with Crippen LogP contribution in [0.5, 0.6) is 5.75 Å². The van der Waals surface area contributed by atoms with Gasteiger partial charge in [-0.05, 0) is 80.2 Å². The molecule has 10 heteroatoms. The van der Waals surface area contributed by atoms with Crippen LogP contribution in [-0.4, -0.2) is 42.7 Å². The van der Waals surface area contributed by atoms with Crippen LogP contribution in [0.3, 0.4) is 0 Å². The van der Waals surface area contributed by atoms with Gasteiger partial charge in [0.05, 0.1) is 6.61 Å². The average molecular weight is 521 g/mol. The molecule has 0 atom stereocenters. The Kier molecular flexibility index (Phi) is 10.1. The van der Waals surface area contributed by atoms with E-state index in [0.29, 0.717) is 47.9 Å². The van der Waals surface area contributed by atoms with Gasteiger partial charge in [-0.2, -0.15) is 0 Å². The van der Waals surface area contributed by atoms with Crippen molar-refractivity contribution in [2.24, 2.45) is 0 Å². The van der Waals surface area contributed by atoms with Crippen LogP contribution in [0.1, 0.15) is 43.6 Å². The molecule has 0 aromatic heterocycles. The molecule has 4 N–H and O–H groups in total. The molecule has 3 aromatic carbocycles. The summed E-state index contributed by atoms with van der Waals surface area (Å²) in [6.45, 7) is 5.18. The average Bonchev–Trinajstić information content (AvgIpc) is 2.90. The van der Waals surface area contributed by atoms with Gasteiger partial charge in [0, 0.05) is 29.0 Å². The normalized spacial score (nSPS) is 10.2. The van der Waals surface area contributed by atoms with Crippen molar-refractivity contribution in [2.45, 2.75) is 13.8 Å². The standard InChI is InChI=1S/C27H28N4O5S/c1-3-35-15-16-36-22-9-6-8-20(17-22)24(32)29-27(37)31-30-25(33)19-11-13-21(14-12-19)28-26(34)23-10-5-4-7-18(23)2/h4-14,17H,3,15-16H2,1-2H3,(H,28,34)(H,30,33)(H2,29,31,32,37). The van der Waals surface area contributed by atoms with Gasteiger partial charge in [-0.3, -0.25) is 30.6 Å². The molecule has 0 aliphatic heterocycles. The van der Waals surface area contributed by atoms with Crippen molar-refractivity contribution in [1.82, 2.24) is 16.2 Å². The zero-order valence-corrected chi connectivity index (χ0v) is 21.3. The molecule has 0 heterocycles. The van der Waals surface area contributed by atoms with Gasteiger partial charge in [0.25, 0.3) is 17.7 Å². The maximum absolute atomic E-state index is 12.5. The molecule has 0 saturated heterocycles. The van der Waals surface area contributed by atoms with E-state index in [1.807, 2.05) is 26.0 Å². The number of carbonyl (C=O) groups excluding carboxylic acids is 3. The van der Waals surface area contributed by atoms with E-state index in [1.165, 1.54) is 0 Å². The lowest BCUT2D eigenvalue weighted by molar-refractivity contribution is 0.0934. The fraction of sp³-hybridized carbons (Fsp3) is 0.185. The minimum atomic E-state index is -0.474. The Bertz CT molecular complexity index is 1260. The Hall–Kier alpha value is -4.28. The Morgan fingerprint density at radius 3 is 2.30 bits per heavy atom. The number of rotatable bonds is 9. The molecule has 0 radical (unpaired) electrons. The van der Waals surface area contributed by atoms with Crippen molar-refractivity contribution in [3.63, 3.8) is 0 Å². The molecule has 0 fully saturated rings. The number of aryl methyl sites for hydroxylation is 1. The number of hydrazine groups is 1. The number of hydrogen-bond donors (Lipinski definition) is 4. The predicted molar refractivity (Wildman–Crippen MR) is 145 cm³/mol. The number of nitrogens with one attached hydrogen (secondary N) is 4. The second-order valence-corrected chi connectivity index (χ2v) is 8.19. The Labute approximate surface area is 220 Å². The van der Waals surface area contributed by atoms with Gasteiger partial charge in [-0.15, -0.1) is 0 Å². The van der Waals surface area contributed by atoms with E-state index in [-0.39, 0.29) is 11.0 Å². The van der Waals surface area contributed by atoms with Gasteiger partial charge < -0.3 is 14.8 Å². The van der Waals surface area contributed by atoms with E-state index in [9.17, 15) is 14.4 Å². The summed E-state index contributed by atoms with van der Waals surface area (Å²) in [4.78, 5) is 37.4. The van der Waals surface area contributed by atoms with E-state index in [1.54, 1.807) is 60.7 Å². The van der Waals surface area contributed by atoms with Crippen molar-refractivity contribution < 1.29 is 23.9 Å². The second-order valence-electron chi connectivity index (χ2n) is 7.78. The lowest BCUT2D eigenvalue weighted by Crippen LogP contribution is -2.48. The van der Waals surface area contributed by atoms with Crippen LogP contribution in [0.4, 0.5) is 5.69 Å². The first-order valence-electron chi connectivity index (χ1n) is 11.6. The van der Waals surface area contributed by atoms with Gasteiger partial charge in [-0.1, -0.05) is 24.3 Å². The van der Waals surface area contributed by atoms with Gasteiger partial charge in [-0.25, -0.2) is 0 Å². The SMILES string of the molecule is CCOCCOc1cccc(C(=O)NC(=S)NNC(=O)c2ccc(NC(=O)c3ccccc3C)cc2)c1. The van der Waals surface area contributed by atoms with Crippen LogP contribution < -0.4 is 26.2 Å². The van der Waals surface area contributed by atoms with Crippen molar-refractivity contribution >= 4 is 40.7 Å². The highest BCUT2D eigenvalue weighted by atomic mass is 32.1. The zero-order valence-electron chi connectivity index (χ0n) is 20.5. The number of anilines is 1. The van der Waals surface area contributed by atoms with Crippen molar-refractivity contribution in [3.8, 4) is 5.75 Å². The summed E-state index contributed by atoms with van der Waals surface area (Å²) >= 11 is 5.10. The maximum Gasteiger partial charge on any atom is 0.269 e. The topological polar surface area (TPSA) is 118 Å². The molecule has 0 aliphatic rings. The van der Waals surface area contributed by atoms with Crippen LogP contribution in [0.25, 0.3) is 0 Å². The summed E-state index contributed by atoms with van der Waals surface area (Å²) in [5, 5.41) is 5.22. The minimum Gasteiger partial charge on any atom is -0.491 e. The minimum absolute atomic E-state index is 0.0804. The molecule has 0 spiro atoms. The maximum atomic E-state index is 12.5. The first-order valence-corrected chi connectivity index (χ1v) is 12.0. The van der Waals surface area contributed by atoms with Crippen LogP contribution >= 0.6 is 12.2 Å². The largest absolute Gasteiger partial charge is 0.491 e. The molecular weight excluding hydrogens is 492 g/mol. The Balaban J connectivity index is 1.46. The van der Waals surface area contributed by atoms with Crippen molar-refractivity contribution in [2.75, 3.05) is 25.1 Å². The molecule has 37 heavy (non-hydrogen) atoms. The summed E-state index contributed by atoms with van der Waals surface area (Å²) in [5.41, 5.74) is 7.58. The number of amides is 3. The fourth-order valence-corrected chi connectivity index (χ4v) is 3.36. The zero-order chi connectivity index (χ0) is 26.6. The molecular formula is C27H28N4O5S. The van der Waals surface area contributed by atoms with E-state index < -0.39 is 11.8 Å². The molecule has 192 valence electrons. The third-order valence-corrected chi connectivity index (χ3v) is 5.31. The molecule has 0 saturated carbocycles. The third-order valence-electron chi connectivity index (χ3n) is 5.11. The van der Waals surface area contributed by atoms with E-state index in [2.05, 4.69) is 21.5 Å². The van der Waals surface area contributed by atoms with E-state index >= 15 is 0 Å². The van der Waals surface area contributed by atoms with Crippen LogP contribution in [0.2, 0.25) is 0 Å². The lowest BCUT2D eigenvalue weighted by atomic mass is 10.1. The second kappa shape index (κ2) is 13.7. The number of carbonyl (C=O) groups is 3. The molecule has 3 rings (SSSR count). The Morgan fingerprint density at radius 1 is 0.811 bits per heavy atom. The Morgan fingerprint density at radius 2 is 1.57 bits per heavy atom. The fourth-order valence-electron chi connectivity index (χ4n) is 3.21. The number of ether oxygens (including phenoxy) is 2. The lowest BCUT2D eigenvalue weighted by Gasteiger charge is -2.12. The van der Waals surface area contributed by atoms with Crippen LogP contribution in [0, 0.1) is 6.92 Å². The molecule has 0 aliphatic carbocycles. The van der Waals surface area contributed by atoms with Crippen molar-refractivity contribution in [3.05, 3.63) is 95.1 Å². The van der Waals surface area contributed by atoms with Crippen LogP contribution in [0.15, 0.2) is 72.8 Å².